The summed E-state index contributed by atoms with van der Waals surface area (Å²) in [7, 11) is 1.27. The zero-order chi connectivity index (χ0) is 22.5. The second-order valence-electron chi connectivity index (χ2n) is 7.16. The van der Waals surface area contributed by atoms with E-state index < -0.39 is 17.9 Å². The van der Waals surface area contributed by atoms with E-state index in [2.05, 4.69) is 20.1 Å². The fraction of sp³-hybridized carbons (Fsp3) is 0.167. The Morgan fingerprint density at radius 1 is 1.06 bits per heavy atom. The molecule has 0 saturated heterocycles. The fourth-order valence-corrected chi connectivity index (χ4v) is 3.18. The molecule has 2 aromatic carbocycles. The Morgan fingerprint density at radius 3 is 2.53 bits per heavy atom. The number of ether oxygens (including phenoxy) is 2. The van der Waals surface area contributed by atoms with Crippen LogP contribution in [0.15, 0.2) is 73.1 Å². The number of nitrogens with zero attached hydrogens (tertiary/aromatic N) is 3. The van der Waals surface area contributed by atoms with Gasteiger partial charge < -0.3 is 14.8 Å². The number of amides is 1. The van der Waals surface area contributed by atoms with Crippen molar-refractivity contribution in [3.63, 3.8) is 0 Å². The third kappa shape index (κ3) is 4.59. The Balaban J connectivity index is 1.52. The molecule has 4 rings (SSSR count). The van der Waals surface area contributed by atoms with Gasteiger partial charge in [0.05, 0.1) is 13.3 Å². The summed E-state index contributed by atoms with van der Waals surface area (Å²) in [5, 5.41) is 6.89. The molecule has 2 aromatic heterocycles. The molecule has 2 heterocycles. The van der Waals surface area contributed by atoms with Crippen LogP contribution in [0.2, 0.25) is 0 Å². The van der Waals surface area contributed by atoms with Crippen LogP contribution in [-0.4, -0.2) is 39.6 Å². The topological polar surface area (TPSA) is 94.8 Å². The number of carbonyl (C=O) groups excluding carboxylic acids is 2. The summed E-state index contributed by atoms with van der Waals surface area (Å²) in [4.78, 5) is 28.5. The lowest BCUT2D eigenvalue weighted by atomic mass is 10.1. The molecule has 8 heteroatoms. The van der Waals surface area contributed by atoms with Gasteiger partial charge in [0, 0.05) is 11.8 Å². The van der Waals surface area contributed by atoms with Crippen LogP contribution in [-0.2, 0) is 16.1 Å². The smallest absolute Gasteiger partial charge is 0.328 e. The molecule has 1 N–H and O–H groups in total. The van der Waals surface area contributed by atoms with E-state index in [9.17, 15) is 9.59 Å². The van der Waals surface area contributed by atoms with Crippen molar-refractivity contribution in [2.24, 2.45) is 0 Å². The second-order valence-corrected chi connectivity index (χ2v) is 7.16. The van der Waals surface area contributed by atoms with Gasteiger partial charge in [0.25, 0.3) is 5.91 Å². The van der Waals surface area contributed by atoms with Crippen molar-refractivity contribution in [3.05, 3.63) is 84.3 Å². The van der Waals surface area contributed by atoms with Gasteiger partial charge in [-0.05, 0) is 36.2 Å². The zero-order valence-electron chi connectivity index (χ0n) is 17.7. The molecule has 0 fully saturated rings. The molecular weight excluding hydrogens is 408 g/mol. The third-order valence-electron chi connectivity index (χ3n) is 4.92. The van der Waals surface area contributed by atoms with E-state index in [1.807, 2.05) is 54.6 Å². The molecule has 32 heavy (non-hydrogen) atoms. The molecule has 4 aromatic rings. The van der Waals surface area contributed by atoms with Gasteiger partial charge in [-0.3, -0.25) is 4.79 Å². The van der Waals surface area contributed by atoms with Crippen molar-refractivity contribution in [3.8, 4) is 16.9 Å². The van der Waals surface area contributed by atoms with Gasteiger partial charge in [0.2, 0.25) is 0 Å². The van der Waals surface area contributed by atoms with E-state index in [0.29, 0.717) is 12.3 Å². The molecule has 0 spiro atoms. The lowest BCUT2D eigenvalue weighted by Crippen LogP contribution is -2.39. The first-order valence-electron chi connectivity index (χ1n) is 10.1. The molecule has 0 bridgehead atoms. The Morgan fingerprint density at radius 2 is 1.81 bits per heavy atom. The monoisotopic (exact) mass is 430 g/mol. The van der Waals surface area contributed by atoms with Gasteiger partial charge >= 0.3 is 5.97 Å². The first-order chi connectivity index (χ1) is 15.5. The Hall–Kier alpha value is -4.20. The zero-order valence-corrected chi connectivity index (χ0v) is 17.7. The van der Waals surface area contributed by atoms with Crippen LogP contribution >= 0.6 is 0 Å². The van der Waals surface area contributed by atoms with Crippen LogP contribution in [0.25, 0.3) is 16.8 Å². The number of esters is 1. The predicted octanol–water partition coefficient (Wildman–Crippen LogP) is 3.27. The maximum atomic E-state index is 12.5. The molecule has 0 aliphatic rings. The summed E-state index contributed by atoms with van der Waals surface area (Å²) in [6.07, 6.45) is 3.35. The summed E-state index contributed by atoms with van der Waals surface area (Å²) in [5.41, 5.74) is 3.46. The molecule has 0 aliphatic heterocycles. The van der Waals surface area contributed by atoms with Gasteiger partial charge in [-0.15, -0.1) is 0 Å². The number of carbonyl (C=O) groups is 2. The molecule has 8 nitrogen and oxygen atoms in total. The van der Waals surface area contributed by atoms with E-state index in [0.717, 1.165) is 22.4 Å². The largest absolute Gasteiger partial charge is 0.489 e. The number of aromatic nitrogens is 3. The molecule has 0 radical (unpaired) electrons. The van der Waals surface area contributed by atoms with Crippen LogP contribution in [0.3, 0.4) is 0 Å². The van der Waals surface area contributed by atoms with Crippen molar-refractivity contribution in [2.45, 2.75) is 19.6 Å². The normalized spacial score (nSPS) is 11.7. The number of benzene rings is 2. The summed E-state index contributed by atoms with van der Waals surface area (Å²) in [6.45, 7) is 2.04. The van der Waals surface area contributed by atoms with Gasteiger partial charge in [0.15, 0.2) is 5.65 Å². The number of methoxy groups -OCH3 is 1. The number of fused-ring (bicyclic) bond motifs is 1. The number of nitrogens with one attached hydrogen (secondary N) is 1. The molecular formula is C24H22N4O4. The van der Waals surface area contributed by atoms with Gasteiger partial charge in [-0.25, -0.2) is 14.3 Å². The summed E-state index contributed by atoms with van der Waals surface area (Å²) >= 11 is 0. The molecule has 0 unspecified atom stereocenters. The summed E-state index contributed by atoms with van der Waals surface area (Å²) < 4.78 is 12.1. The average molecular weight is 430 g/mol. The quantitative estimate of drug-likeness (QED) is 0.452. The van der Waals surface area contributed by atoms with Crippen LogP contribution in [0.5, 0.6) is 5.75 Å². The second kappa shape index (κ2) is 9.30. The maximum Gasteiger partial charge on any atom is 0.328 e. The highest BCUT2D eigenvalue weighted by molar-refractivity contribution is 5.95. The Kier molecular flexibility index (Phi) is 6.12. The van der Waals surface area contributed by atoms with Crippen LogP contribution in [0.4, 0.5) is 0 Å². The highest BCUT2D eigenvalue weighted by Gasteiger charge is 2.19. The van der Waals surface area contributed by atoms with Gasteiger partial charge in [-0.2, -0.15) is 5.10 Å². The summed E-state index contributed by atoms with van der Waals surface area (Å²) in [5.74, 6) is -0.250. The average Bonchev–Trinajstić information content (AvgIpc) is 3.26. The van der Waals surface area contributed by atoms with E-state index >= 15 is 0 Å². The van der Waals surface area contributed by atoms with E-state index in [-0.39, 0.29) is 5.69 Å². The standard InChI is InChI=1S/C24H22N4O4/c1-16(24(30)31-2)26-23(29)21-12-13-28-22(27-21)20(14-25-28)18-8-10-19(11-9-18)32-15-17-6-4-3-5-7-17/h3-14,16H,15H2,1-2H3,(H,26,29)/t16-/m1/s1. The van der Waals surface area contributed by atoms with Crippen molar-refractivity contribution >= 4 is 17.5 Å². The summed E-state index contributed by atoms with van der Waals surface area (Å²) in [6, 6.07) is 18.3. The minimum absolute atomic E-state index is 0.179. The lowest BCUT2D eigenvalue weighted by Gasteiger charge is -2.11. The van der Waals surface area contributed by atoms with Crippen molar-refractivity contribution in [2.75, 3.05) is 7.11 Å². The molecule has 1 amide bonds. The minimum Gasteiger partial charge on any atom is -0.489 e. The Labute approximate surface area is 184 Å². The van der Waals surface area contributed by atoms with E-state index in [1.54, 1.807) is 29.9 Å². The highest BCUT2D eigenvalue weighted by atomic mass is 16.5. The molecule has 0 aliphatic carbocycles. The molecule has 1 atom stereocenters. The van der Waals surface area contributed by atoms with Crippen molar-refractivity contribution in [1.82, 2.24) is 19.9 Å². The highest BCUT2D eigenvalue weighted by Crippen LogP contribution is 2.26. The number of rotatable bonds is 7. The van der Waals surface area contributed by atoms with E-state index in [4.69, 9.17) is 4.74 Å². The third-order valence-corrected chi connectivity index (χ3v) is 4.92. The van der Waals surface area contributed by atoms with E-state index in [1.165, 1.54) is 7.11 Å². The maximum absolute atomic E-state index is 12.5. The molecule has 162 valence electrons. The number of hydrogen-bond donors (Lipinski definition) is 1. The first kappa shape index (κ1) is 21.0. The predicted molar refractivity (Wildman–Crippen MR) is 118 cm³/mol. The van der Waals surface area contributed by atoms with Crippen LogP contribution in [0.1, 0.15) is 23.0 Å². The van der Waals surface area contributed by atoms with Crippen LogP contribution in [0, 0.1) is 0 Å². The first-order valence-corrected chi connectivity index (χ1v) is 10.1. The van der Waals surface area contributed by atoms with Crippen molar-refractivity contribution in [1.29, 1.82) is 0 Å². The van der Waals surface area contributed by atoms with Gasteiger partial charge in [0.1, 0.15) is 24.1 Å². The number of hydrogen-bond acceptors (Lipinski definition) is 6. The SMILES string of the molecule is COC(=O)[C@@H](C)NC(=O)c1ccn2ncc(-c3ccc(OCc4ccccc4)cc3)c2n1. The van der Waals surface area contributed by atoms with Crippen LogP contribution < -0.4 is 10.1 Å². The fourth-order valence-electron chi connectivity index (χ4n) is 3.18. The minimum atomic E-state index is -0.779. The molecule has 0 saturated carbocycles. The lowest BCUT2D eigenvalue weighted by molar-refractivity contribution is -0.142. The van der Waals surface area contributed by atoms with Crippen molar-refractivity contribution < 1.29 is 19.1 Å². The van der Waals surface area contributed by atoms with Gasteiger partial charge in [-0.1, -0.05) is 42.5 Å². The Bertz CT molecular complexity index is 1240.